The van der Waals surface area contributed by atoms with Gasteiger partial charge in [-0.05, 0) is 21.5 Å². The zero-order valence-electron chi connectivity index (χ0n) is 9.98. The molecule has 16 heavy (non-hydrogen) atoms. The van der Waals surface area contributed by atoms with Crippen molar-refractivity contribution in [1.29, 1.82) is 0 Å². The van der Waals surface area contributed by atoms with Gasteiger partial charge in [0.25, 0.3) is 0 Å². The van der Waals surface area contributed by atoms with E-state index in [1.54, 1.807) is 0 Å². The van der Waals surface area contributed by atoms with E-state index < -0.39 is 6.29 Å². The maximum atomic E-state index is 4.67. The van der Waals surface area contributed by atoms with E-state index in [1.165, 1.54) is 44.9 Å². The molecule has 5 heteroatoms. The van der Waals surface area contributed by atoms with Crippen LogP contribution in [-0.2, 0) is 24.9 Å². The Morgan fingerprint density at radius 1 is 0.688 bits per heavy atom. The summed E-state index contributed by atoms with van der Waals surface area (Å²) in [5, 5.41) is 12.3. The molecule has 0 aromatic heterocycles. The lowest BCUT2D eigenvalue weighted by Crippen LogP contribution is -2.23. The van der Waals surface area contributed by atoms with Crippen LogP contribution in [0.1, 0.15) is 64.7 Å². The molecular formula is C11H22O5. The molecule has 5 nitrogen and oxygen atoms in total. The molecule has 1 fully saturated rings. The van der Waals surface area contributed by atoms with Gasteiger partial charge in [0.05, 0.1) is 0 Å². The molecule has 0 aliphatic carbocycles. The fourth-order valence-electron chi connectivity index (χ4n) is 1.69. The third-order valence-corrected chi connectivity index (χ3v) is 2.64. The molecule has 1 aliphatic heterocycles. The molecule has 0 radical (unpaired) electrons. The third-order valence-electron chi connectivity index (χ3n) is 2.64. The van der Waals surface area contributed by atoms with Crippen LogP contribution in [0.25, 0.3) is 0 Å². The van der Waals surface area contributed by atoms with E-state index in [0.29, 0.717) is 0 Å². The molecule has 1 aliphatic rings. The van der Waals surface area contributed by atoms with Crippen LogP contribution in [0.3, 0.4) is 0 Å². The molecule has 1 heterocycles. The molecule has 0 aromatic carbocycles. The topological polar surface area (TPSA) is 46.2 Å². The highest BCUT2D eigenvalue weighted by Gasteiger charge is 2.17. The molecule has 0 bridgehead atoms. The smallest absolute Gasteiger partial charge is 0.168 e. The first-order chi connectivity index (χ1) is 7.93. The number of hydrogen-bond acceptors (Lipinski definition) is 5. The summed E-state index contributed by atoms with van der Waals surface area (Å²) in [4.78, 5) is 9.34. The van der Waals surface area contributed by atoms with Crippen molar-refractivity contribution in [2.24, 2.45) is 0 Å². The fraction of sp³-hybridized carbons (Fsp3) is 1.00. The Morgan fingerprint density at radius 3 is 1.88 bits per heavy atom. The van der Waals surface area contributed by atoms with Gasteiger partial charge in [-0.3, -0.25) is 0 Å². The molecule has 0 saturated carbocycles. The molecule has 1 rings (SSSR count). The van der Waals surface area contributed by atoms with Crippen LogP contribution in [-0.4, -0.2) is 6.29 Å². The van der Waals surface area contributed by atoms with Gasteiger partial charge < -0.3 is 0 Å². The lowest BCUT2D eigenvalue weighted by molar-refractivity contribution is -0.786. The van der Waals surface area contributed by atoms with Crippen molar-refractivity contribution in [3.8, 4) is 0 Å². The summed E-state index contributed by atoms with van der Waals surface area (Å²) in [7, 11) is 0. The maximum absolute atomic E-state index is 4.67. The molecule has 0 N–H and O–H groups in total. The first-order valence-corrected chi connectivity index (χ1v) is 6.25. The van der Waals surface area contributed by atoms with Gasteiger partial charge in [0, 0.05) is 6.42 Å². The lowest BCUT2D eigenvalue weighted by atomic mass is 10.1. The highest BCUT2D eigenvalue weighted by Crippen LogP contribution is 2.15. The van der Waals surface area contributed by atoms with Gasteiger partial charge in [0.1, 0.15) is 0 Å². The van der Waals surface area contributed by atoms with Crippen molar-refractivity contribution in [2.45, 2.75) is 71.0 Å². The van der Waals surface area contributed by atoms with Gasteiger partial charge in [-0.25, -0.2) is 0 Å². The SMILES string of the molecule is CCCCCCCCCCC1OOOOO1. The second-order valence-electron chi connectivity index (χ2n) is 4.09. The summed E-state index contributed by atoms with van der Waals surface area (Å²) in [5.74, 6) is 0. The zero-order valence-corrected chi connectivity index (χ0v) is 9.98. The van der Waals surface area contributed by atoms with Gasteiger partial charge in [-0.15, -0.1) is 0 Å². The van der Waals surface area contributed by atoms with Crippen molar-refractivity contribution in [1.82, 2.24) is 0 Å². The molecule has 0 spiro atoms. The monoisotopic (exact) mass is 234 g/mol. The van der Waals surface area contributed by atoms with Crippen LogP contribution >= 0.6 is 0 Å². The quantitative estimate of drug-likeness (QED) is 0.450. The lowest BCUT2D eigenvalue weighted by Gasteiger charge is -2.16. The average Bonchev–Trinajstić information content (AvgIpc) is 2.34. The fourth-order valence-corrected chi connectivity index (χ4v) is 1.69. The van der Waals surface area contributed by atoms with Gasteiger partial charge >= 0.3 is 0 Å². The van der Waals surface area contributed by atoms with E-state index in [0.717, 1.165) is 12.8 Å². The minimum Gasteiger partial charge on any atom is -0.168 e. The molecule has 0 unspecified atom stereocenters. The van der Waals surface area contributed by atoms with E-state index in [2.05, 4.69) is 31.8 Å². The van der Waals surface area contributed by atoms with Crippen LogP contribution in [0.4, 0.5) is 0 Å². The number of hydrogen-bond donors (Lipinski definition) is 0. The standard InChI is InChI=1S/C11H22O5/c1-2-3-4-5-6-7-8-9-10-11-12-14-16-15-13-11/h11H,2-10H2,1H3. The maximum Gasteiger partial charge on any atom is 0.230 e. The van der Waals surface area contributed by atoms with Crippen molar-refractivity contribution >= 4 is 0 Å². The van der Waals surface area contributed by atoms with E-state index in [-0.39, 0.29) is 0 Å². The second-order valence-corrected chi connectivity index (χ2v) is 4.09. The first-order valence-electron chi connectivity index (χ1n) is 6.25. The first kappa shape index (κ1) is 13.9. The van der Waals surface area contributed by atoms with Crippen LogP contribution in [0.15, 0.2) is 0 Å². The Balaban J connectivity index is 1.77. The Bertz CT molecular complexity index is 147. The van der Waals surface area contributed by atoms with Crippen LogP contribution < -0.4 is 0 Å². The minimum absolute atomic E-state index is 0.464. The highest BCUT2D eigenvalue weighted by molar-refractivity contribution is 4.48. The Kier molecular flexibility index (Phi) is 8.65. The van der Waals surface area contributed by atoms with E-state index in [1.807, 2.05) is 0 Å². The van der Waals surface area contributed by atoms with E-state index in [9.17, 15) is 0 Å². The van der Waals surface area contributed by atoms with Crippen molar-refractivity contribution in [2.75, 3.05) is 0 Å². The summed E-state index contributed by atoms with van der Waals surface area (Å²) in [6.07, 6.45) is 10.5. The van der Waals surface area contributed by atoms with Crippen LogP contribution in [0, 0.1) is 0 Å². The van der Waals surface area contributed by atoms with Crippen LogP contribution in [0.5, 0.6) is 0 Å². The van der Waals surface area contributed by atoms with Gasteiger partial charge in [-0.1, -0.05) is 51.9 Å². The highest BCUT2D eigenvalue weighted by atomic mass is 17.8. The molecule has 0 amide bonds. The summed E-state index contributed by atoms with van der Waals surface area (Å²) in [6, 6.07) is 0. The molecule has 1 saturated heterocycles. The van der Waals surface area contributed by atoms with E-state index >= 15 is 0 Å². The Labute approximate surface area is 96.7 Å². The number of unbranched alkanes of at least 4 members (excludes halogenated alkanes) is 7. The summed E-state index contributed by atoms with van der Waals surface area (Å²) in [5.41, 5.74) is 0. The van der Waals surface area contributed by atoms with Crippen molar-refractivity contribution < 1.29 is 24.9 Å². The van der Waals surface area contributed by atoms with Gasteiger partial charge in [-0.2, -0.15) is 9.78 Å². The third kappa shape index (κ3) is 7.14. The summed E-state index contributed by atoms with van der Waals surface area (Å²) >= 11 is 0. The summed E-state index contributed by atoms with van der Waals surface area (Å²) in [6.45, 7) is 2.23. The predicted molar refractivity (Wildman–Crippen MR) is 56.4 cm³/mol. The average molecular weight is 234 g/mol. The zero-order chi connectivity index (χ0) is 11.5. The Hall–Kier alpha value is -0.200. The van der Waals surface area contributed by atoms with Crippen molar-refractivity contribution in [3.05, 3.63) is 0 Å². The molecule has 0 atom stereocenters. The van der Waals surface area contributed by atoms with E-state index in [4.69, 9.17) is 0 Å². The molecular weight excluding hydrogens is 212 g/mol. The summed E-state index contributed by atoms with van der Waals surface area (Å²) < 4.78 is 0. The van der Waals surface area contributed by atoms with Crippen LogP contribution in [0.2, 0.25) is 0 Å². The molecule has 0 aromatic rings. The van der Waals surface area contributed by atoms with Crippen molar-refractivity contribution in [3.63, 3.8) is 0 Å². The minimum atomic E-state index is -0.464. The largest absolute Gasteiger partial charge is 0.230 e. The number of rotatable bonds is 9. The normalized spacial score (nSPS) is 17.8. The molecule has 96 valence electrons. The van der Waals surface area contributed by atoms with Gasteiger partial charge in [0.2, 0.25) is 6.29 Å². The predicted octanol–water partition coefficient (Wildman–Crippen LogP) is 3.60. The Morgan fingerprint density at radius 2 is 1.25 bits per heavy atom. The van der Waals surface area contributed by atoms with Gasteiger partial charge in [0.15, 0.2) is 0 Å². The second kappa shape index (κ2) is 9.99.